The molecule has 2 amide bonds. The molecule has 1 aliphatic heterocycles. The molecule has 5 nitrogen and oxygen atoms in total. The van der Waals surface area contributed by atoms with Gasteiger partial charge in [0.25, 0.3) is 0 Å². The summed E-state index contributed by atoms with van der Waals surface area (Å²) in [6.45, 7) is 4.46. The minimum atomic E-state index is -0.387. The second-order valence-electron chi connectivity index (χ2n) is 8.65. The number of nitrogens with zero attached hydrogens (tertiary/aromatic N) is 2. The number of benzene rings is 3. The lowest BCUT2D eigenvalue weighted by molar-refractivity contribution is -0.122. The fourth-order valence-corrected chi connectivity index (χ4v) is 4.98. The molecule has 1 aromatic heterocycles. The predicted molar refractivity (Wildman–Crippen MR) is 138 cm³/mol. The maximum absolute atomic E-state index is 13.0. The van der Waals surface area contributed by atoms with Crippen LogP contribution in [-0.4, -0.2) is 23.3 Å². The van der Waals surface area contributed by atoms with Gasteiger partial charge >= 0.3 is 0 Å². The molecule has 0 bridgehead atoms. The fraction of sp³-hybridized carbons (Fsp3) is 0.179. The average Bonchev–Trinajstić information content (AvgIpc) is 3.49. The number of thiazole rings is 1. The highest BCUT2D eigenvalue weighted by molar-refractivity contribution is 7.13. The maximum atomic E-state index is 13.0. The molecule has 1 atom stereocenters. The number of hydrogen-bond acceptors (Lipinski definition) is 4. The highest BCUT2D eigenvalue weighted by Crippen LogP contribution is 2.31. The molecular formula is C28H25N3O2S. The smallest absolute Gasteiger partial charge is 0.229 e. The monoisotopic (exact) mass is 467 g/mol. The topological polar surface area (TPSA) is 62.3 Å². The number of amides is 2. The third kappa shape index (κ3) is 4.50. The van der Waals surface area contributed by atoms with Gasteiger partial charge in [0.15, 0.2) is 0 Å². The van der Waals surface area contributed by atoms with Crippen LogP contribution in [0.25, 0.3) is 21.8 Å². The van der Waals surface area contributed by atoms with Gasteiger partial charge in [-0.1, -0.05) is 48.5 Å². The summed E-state index contributed by atoms with van der Waals surface area (Å²) in [5.41, 5.74) is 6.76. The zero-order chi connectivity index (χ0) is 23.7. The van der Waals surface area contributed by atoms with E-state index in [2.05, 4.69) is 5.32 Å². The molecular weight excluding hydrogens is 442 g/mol. The fourth-order valence-electron chi connectivity index (χ4n) is 4.15. The van der Waals surface area contributed by atoms with E-state index >= 15 is 0 Å². The van der Waals surface area contributed by atoms with Crippen molar-refractivity contribution < 1.29 is 9.59 Å². The maximum Gasteiger partial charge on any atom is 0.229 e. The Labute approximate surface area is 203 Å². The number of anilines is 2. The number of carbonyl (C=O) groups is 2. The molecule has 1 N–H and O–H groups in total. The van der Waals surface area contributed by atoms with E-state index in [0.717, 1.165) is 33.1 Å². The Hall–Kier alpha value is -3.77. The SMILES string of the molecule is Cc1ccc(N2CC(C(=O)Nc3cccc(-c4csc(-c5ccccc5)n4)c3)CC2=O)cc1C. The van der Waals surface area contributed by atoms with Gasteiger partial charge in [-0.2, -0.15) is 0 Å². The van der Waals surface area contributed by atoms with Gasteiger partial charge in [0.05, 0.1) is 11.6 Å². The first-order chi connectivity index (χ1) is 16.5. The first-order valence-corrected chi connectivity index (χ1v) is 12.2. The van der Waals surface area contributed by atoms with Crippen molar-refractivity contribution in [2.24, 2.45) is 5.92 Å². The summed E-state index contributed by atoms with van der Waals surface area (Å²) in [5, 5.41) is 5.99. The summed E-state index contributed by atoms with van der Waals surface area (Å²) in [6.07, 6.45) is 0.213. The predicted octanol–water partition coefficient (Wildman–Crippen LogP) is 6.09. The van der Waals surface area contributed by atoms with Gasteiger partial charge in [-0.15, -0.1) is 11.3 Å². The van der Waals surface area contributed by atoms with Crippen LogP contribution < -0.4 is 10.2 Å². The normalized spacial score (nSPS) is 15.5. The Kier molecular flexibility index (Phi) is 5.99. The highest BCUT2D eigenvalue weighted by Gasteiger charge is 2.35. The van der Waals surface area contributed by atoms with Crippen molar-refractivity contribution in [3.63, 3.8) is 0 Å². The highest BCUT2D eigenvalue weighted by atomic mass is 32.1. The Bertz CT molecular complexity index is 1360. The van der Waals surface area contributed by atoms with E-state index in [9.17, 15) is 9.59 Å². The van der Waals surface area contributed by atoms with E-state index in [1.54, 1.807) is 16.2 Å². The van der Waals surface area contributed by atoms with E-state index in [4.69, 9.17) is 4.98 Å². The first kappa shape index (κ1) is 22.0. The zero-order valence-electron chi connectivity index (χ0n) is 19.1. The molecule has 0 saturated carbocycles. The number of hydrogen-bond donors (Lipinski definition) is 1. The number of carbonyl (C=O) groups excluding carboxylic acids is 2. The van der Waals surface area contributed by atoms with Gasteiger partial charge in [-0.05, 0) is 49.2 Å². The molecule has 170 valence electrons. The van der Waals surface area contributed by atoms with Crippen molar-refractivity contribution in [1.29, 1.82) is 0 Å². The quantitative estimate of drug-likeness (QED) is 0.387. The largest absolute Gasteiger partial charge is 0.326 e. The standard InChI is InChI=1S/C28H25N3O2S/c1-18-11-12-24(13-19(18)2)31-16-22(15-26(31)32)27(33)29-23-10-6-9-21(14-23)25-17-34-28(30-25)20-7-4-3-5-8-20/h3-14,17,22H,15-16H2,1-2H3,(H,29,33). The molecule has 0 aliphatic carbocycles. The van der Waals surface area contributed by atoms with Crippen LogP contribution in [-0.2, 0) is 9.59 Å². The van der Waals surface area contributed by atoms with Crippen LogP contribution in [0.2, 0.25) is 0 Å². The second-order valence-corrected chi connectivity index (χ2v) is 9.51. The Morgan fingerprint density at radius 2 is 1.76 bits per heavy atom. The molecule has 0 spiro atoms. The molecule has 1 unspecified atom stereocenters. The number of aryl methyl sites for hydroxylation is 2. The first-order valence-electron chi connectivity index (χ1n) is 11.3. The molecule has 3 aromatic carbocycles. The minimum absolute atomic E-state index is 0.0203. The van der Waals surface area contributed by atoms with Crippen molar-refractivity contribution in [2.75, 3.05) is 16.8 Å². The second kappa shape index (κ2) is 9.23. The number of aromatic nitrogens is 1. The number of rotatable bonds is 5. The van der Waals surface area contributed by atoms with Crippen LogP contribution in [0.4, 0.5) is 11.4 Å². The lowest BCUT2D eigenvalue weighted by Crippen LogP contribution is -2.28. The van der Waals surface area contributed by atoms with Gasteiger partial charge in [0.2, 0.25) is 11.8 Å². The van der Waals surface area contributed by atoms with Gasteiger partial charge in [-0.3, -0.25) is 9.59 Å². The molecule has 34 heavy (non-hydrogen) atoms. The zero-order valence-corrected chi connectivity index (χ0v) is 19.9. The Morgan fingerprint density at radius 3 is 2.56 bits per heavy atom. The third-order valence-corrected chi connectivity index (χ3v) is 7.14. The van der Waals surface area contributed by atoms with E-state index in [-0.39, 0.29) is 24.2 Å². The Balaban J connectivity index is 1.29. The molecule has 2 heterocycles. The summed E-state index contributed by atoms with van der Waals surface area (Å²) >= 11 is 1.60. The lowest BCUT2D eigenvalue weighted by Gasteiger charge is -2.18. The van der Waals surface area contributed by atoms with Gasteiger partial charge in [0.1, 0.15) is 5.01 Å². The molecule has 1 fully saturated rings. The van der Waals surface area contributed by atoms with Crippen molar-refractivity contribution >= 4 is 34.5 Å². The summed E-state index contributed by atoms with van der Waals surface area (Å²) in [7, 11) is 0. The molecule has 4 aromatic rings. The molecule has 0 radical (unpaired) electrons. The van der Waals surface area contributed by atoms with Crippen LogP contribution in [0.1, 0.15) is 17.5 Å². The van der Waals surface area contributed by atoms with Crippen LogP contribution in [0.15, 0.2) is 78.2 Å². The van der Waals surface area contributed by atoms with E-state index in [1.165, 1.54) is 5.56 Å². The van der Waals surface area contributed by atoms with E-state index in [0.29, 0.717) is 12.2 Å². The summed E-state index contributed by atoms with van der Waals surface area (Å²) in [6, 6.07) is 23.7. The van der Waals surface area contributed by atoms with Crippen LogP contribution in [0, 0.1) is 19.8 Å². The van der Waals surface area contributed by atoms with Crippen LogP contribution in [0.3, 0.4) is 0 Å². The van der Waals surface area contributed by atoms with Crippen molar-refractivity contribution in [1.82, 2.24) is 4.98 Å². The van der Waals surface area contributed by atoms with Crippen molar-refractivity contribution in [2.45, 2.75) is 20.3 Å². The lowest BCUT2D eigenvalue weighted by atomic mass is 10.1. The Morgan fingerprint density at radius 1 is 0.971 bits per heavy atom. The average molecular weight is 468 g/mol. The van der Waals surface area contributed by atoms with Gasteiger partial charge in [0, 0.05) is 40.8 Å². The molecule has 1 aliphatic rings. The van der Waals surface area contributed by atoms with E-state index < -0.39 is 0 Å². The van der Waals surface area contributed by atoms with Gasteiger partial charge in [-0.25, -0.2) is 4.98 Å². The van der Waals surface area contributed by atoms with Gasteiger partial charge < -0.3 is 10.2 Å². The summed E-state index contributed by atoms with van der Waals surface area (Å²) in [4.78, 5) is 32.1. The number of nitrogens with one attached hydrogen (secondary N) is 1. The summed E-state index contributed by atoms with van der Waals surface area (Å²) in [5.74, 6) is -0.546. The van der Waals surface area contributed by atoms with Crippen molar-refractivity contribution in [3.8, 4) is 21.8 Å². The van der Waals surface area contributed by atoms with Crippen molar-refractivity contribution in [3.05, 3.63) is 89.3 Å². The van der Waals surface area contributed by atoms with E-state index in [1.807, 2.05) is 92.0 Å². The molecule has 5 rings (SSSR count). The minimum Gasteiger partial charge on any atom is -0.326 e. The van der Waals surface area contributed by atoms with Crippen LogP contribution in [0.5, 0.6) is 0 Å². The third-order valence-electron chi connectivity index (χ3n) is 6.25. The molecule has 6 heteroatoms. The van der Waals surface area contributed by atoms with Crippen LogP contribution >= 0.6 is 11.3 Å². The molecule has 1 saturated heterocycles. The summed E-state index contributed by atoms with van der Waals surface area (Å²) < 4.78 is 0.